The number of rotatable bonds is 10. The maximum atomic E-state index is 13.0. The number of pyridine rings is 1. The number of amides is 2. The molecule has 1 atom stereocenters. The highest BCUT2D eigenvalue weighted by Gasteiger charge is 2.30. The van der Waals surface area contributed by atoms with Crippen molar-refractivity contribution in [2.75, 3.05) is 40.3 Å². The Labute approximate surface area is 222 Å². The number of carbonyl (C=O) groups is 2. The summed E-state index contributed by atoms with van der Waals surface area (Å²) in [6.45, 7) is 7.49. The molecule has 0 aliphatic carbocycles. The standard InChI is InChI=1S/C25H35Cl2N5O2S/c1-17-13-21(26)29-24(27)23(17)25(34)28-9-5-18(2)31-10-6-20(7-11-31)32(22(33)15-30(3)4)14-19-8-12-35-16-19/h8,12-13,16,18,20H,5-7,9-11,14-15H2,1-4H3,(H,28,34). The Kier molecular flexibility index (Phi) is 10.4. The normalized spacial score (nSPS) is 15.9. The molecule has 1 saturated heterocycles. The van der Waals surface area contributed by atoms with E-state index in [1.807, 2.05) is 19.0 Å². The van der Waals surface area contributed by atoms with Gasteiger partial charge in [-0.05, 0) is 81.2 Å². The molecule has 7 nitrogen and oxygen atoms in total. The van der Waals surface area contributed by atoms with Crippen LogP contribution in [0.1, 0.15) is 47.7 Å². The van der Waals surface area contributed by atoms with Gasteiger partial charge in [-0.1, -0.05) is 23.2 Å². The molecule has 0 spiro atoms. The lowest BCUT2D eigenvalue weighted by Gasteiger charge is -2.41. The molecule has 35 heavy (non-hydrogen) atoms. The van der Waals surface area contributed by atoms with E-state index >= 15 is 0 Å². The second-order valence-corrected chi connectivity index (χ2v) is 11.0. The van der Waals surface area contributed by atoms with E-state index in [4.69, 9.17) is 23.2 Å². The molecule has 1 aliphatic heterocycles. The highest BCUT2D eigenvalue weighted by molar-refractivity contribution is 7.07. The number of piperidine rings is 1. The highest BCUT2D eigenvalue weighted by atomic mass is 35.5. The van der Waals surface area contributed by atoms with Crippen molar-refractivity contribution in [3.8, 4) is 0 Å². The Hall–Kier alpha value is -1.71. The topological polar surface area (TPSA) is 68.8 Å². The van der Waals surface area contributed by atoms with Gasteiger partial charge in [0.25, 0.3) is 5.91 Å². The molecule has 1 N–H and O–H groups in total. The van der Waals surface area contributed by atoms with Gasteiger partial charge in [-0.3, -0.25) is 9.59 Å². The van der Waals surface area contributed by atoms with Crippen LogP contribution in [-0.2, 0) is 11.3 Å². The zero-order valence-corrected chi connectivity index (χ0v) is 23.2. The van der Waals surface area contributed by atoms with E-state index < -0.39 is 0 Å². The van der Waals surface area contributed by atoms with Crippen molar-refractivity contribution < 1.29 is 9.59 Å². The molecule has 2 aromatic rings. The molecule has 1 aliphatic rings. The average molecular weight is 541 g/mol. The lowest BCUT2D eigenvalue weighted by atomic mass is 10.00. The third kappa shape index (κ3) is 7.89. The number of halogens is 2. The van der Waals surface area contributed by atoms with E-state index in [0.29, 0.717) is 36.8 Å². The Bertz CT molecular complexity index is 971. The lowest BCUT2D eigenvalue weighted by Crippen LogP contribution is -2.51. The first kappa shape index (κ1) is 27.9. The predicted octanol–water partition coefficient (Wildman–Crippen LogP) is 4.32. The van der Waals surface area contributed by atoms with Gasteiger partial charge in [-0.25, -0.2) is 4.98 Å². The van der Waals surface area contributed by atoms with E-state index in [-0.39, 0.29) is 28.2 Å². The summed E-state index contributed by atoms with van der Waals surface area (Å²) < 4.78 is 0. The van der Waals surface area contributed by atoms with Gasteiger partial charge >= 0.3 is 0 Å². The number of likely N-dealkylation sites (tertiary alicyclic amines) is 1. The van der Waals surface area contributed by atoms with Crippen LogP contribution < -0.4 is 5.32 Å². The minimum absolute atomic E-state index is 0.124. The third-order valence-corrected chi connectivity index (χ3v) is 7.68. The summed E-state index contributed by atoms with van der Waals surface area (Å²) in [5.41, 5.74) is 2.27. The number of carbonyl (C=O) groups excluding carboxylic acids is 2. The fraction of sp³-hybridized carbons (Fsp3) is 0.560. The molecule has 2 amide bonds. The van der Waals surface area contributed by atoms with Gasteiger partial charge in [-0.2, -0.15) is 11.3 Å². The molecule has 0 aromatic carbocycles. The molecular weight excluding hydrogens is 505 g/mol. The van der Waals surface area contributed by atoms with Crippen LogP contribution >= 0.6 is 34.5 Å². The van der Waals surface area contributed by atoms with Crippen LogP contribution in [0.15, 0.2) is 22.9 Å². The van der Waals surface area contributed by atoms with Crippen LogP contribution in [-0.4, -0.2) is 83.9 Å². The Morgan fingerprint density at radius 2 is 2.00 bits per heavy atom. The summed E-state index contributed by atoms with van der Waals surface area (Å²) in [7, 11) is 3.87. The Morgan fingerprint density at radius 1 is 1.29 bits per heavy atom. The van der Waals surface area contributed by atoms with Crippen molar-refractivity contribution in [1.29, 1.82) is 0 Å². The first-order valence-corrected chi connectivity index (χ1v) is 13.7. The second-order valence-electron chi connectivity index (χ2n) is 9.48. The molecule has 0 bridgehead atoms. The van der Waals surface area contributed by atoms with E-state index in [2.05, 4.69) is 43.9 Å². The van der Waals surface area contributed by atoms with Crippen molar-refractivity contribution in [1.82, 2.24) is 25.0 Å². The van der Waals surface area contributed by atoms with E-state index in [0.717, 1.165) is 32.4 Å². The Morgan fingerprint density at radius 3 is 2.60 bits per heavy atom. The first-order chi connectivity index (χ1) is 16.7. The first-order valence-electron chi connectivity index (χ1n) is 12.0. The van der Waals surface area contributed by atoms with Crippen LogP contribution in [0.5, 0.6) is 0 Å². The monoisotopic (exact) mass is 539 g/mol. The summed E-state index contributed by atoms with van der Waals surface area (Å²) in [4.78, 5) is 36.0. The van der Waals surface area contributed by atoms with Crippen LogP contribution in [0.3, 0.4) is 0 Å². The summed E-state index contributed by atoms with van der Waals surface area (Å²) in [6, 6.07) is 4.30. The minimum atomic E-state index is -0.231. The van der Waals surface area contributed by atoms with Crippen molar-refractivity contribution in [2.24, 2.45) is 0 Å². The van der Waals surface area contributed by atoms with Gasteiger partial charge in [0, 0.05) is 38.3 Å². The number of nitrogens with one attached hydrogen (secondary N) is 1. The molecule has 0 saturated carbocycles. The van der Waals surface area contributed by atoms with Gasteiger partial charge in [0.1, 0.15) is 10.3 Å². The maximum Gasteiger partial charge on any atom is 0.254 e. The third-order valence-electron chi connectivity index (χ3n) is 6.48. The predicted molar refractivity (Wildman–Crippen MR) is 143 cm³/mol. The average Bonchev–Trinajstić information content (AvgIpc) is 3.29. The number of hydrogen-bond donors (Lipinski definition) is 1. The number of likely N-dealkylation sites (N-methyl/N-ethyl adjacent to an activating group) is 1. The molecule has 2 aromatic heterocycles. The van der Waals surface area contributed by atoms with Gasteiger partial charge in [0.15, 0.2) is 0 Å². The molecule has 3 heterocycles. The summed E-state index contributed by atoms with van der Waals surface area (Å²) >= 11 is 13.7. The smallest absolute Gasteiger partial charge is 0.254 e. The number of thiophene rings is 1. The van der Waals surface area contributed by atoms with E-state index in [1.54, 1.807) is 24.3 Å². The fourth-order valence-electron chi connectivity index (χ4n) is 4.53. The molecule has 192 valence electrons. The summed E-state index contributed by atoms with van der Waals surface area (Å²) in [5.74, 6) is -0.0490. The van der Waals surface area contributed by atoms with Crippen molar-refractivity contribution in [2.45, 2.75) is 51.7 Å². The van der Waals surface area contributed by atoms with Crippen LogP contribution in [0.4, 0.5) is 0 Å². The number of aryl methyl sites for hydroxylation is 1. The maximum absolute atomic E-state index is 13.0. The Balaban J connectivity index is 1.49. The zero-order chi connectivity index (χ0) is 25.5. The van der Waals surface area contributed by atoms with Gasteiger partial charge in [-0.15, -0.1) is 0 Å². The fourth-order valence-corrected chi connectivity index (χ4v) is 5.81. The van der Waals surface area contributed by atoms with Crippen LogP contribution in [0, 0.1) is 6.92 Å². The number of nitrogens with zero attached hydrogens (tertiary/aromatic N) is 4. The molecule has 0 radical (unpaired) electrons. The lowest BCUT2D eigenvalue weighted by molar-refractivity contribution is -0.136. The van der Waals surface area contributed by atoms with Crippen LogP contribution in [0.25, 0.3) is 0 Å². The van der Waals surface area contributed by atoms with Gasteiger partial charge in [0.2, 0.25) is 5.91 Å². The zero-order valence-electron chi connectivity index (χ0n) is 20.9. The molecule has 1 fully saturated rings. The van der Waals surface area contributed by atoms with Crippen molar-refractivity contribution in [3.05, 3.63) is 49.9 Å². The van der Waals surface area contributed by atoms with Gasteiger partial charge < -0.3 is 20.0 Å². The highest BCUT2D eigenvalue weighted by Crippen LogP contribution is 2.23. The SMILES string of the molecule is Cc1cc(Cl)nc(Cl)c1C(=O)NCCC(C)N1CCC(N(Cc2ccsc2)C(=O)CN(C)C)CC1. The van der Waals surface area contributed by atoms with Crippen LogP contribution in [0.2, 0.25) is 10.3 Å². The number of aromatic nitrogens is 1. The van der Waals surface area contributed by atoms with E-state index in [1.165, 1.54) is 5.56 Å². The van der Waals surface area contributed by atoms with Crippen molar-refractivity contribution >= 4 is 46.4 Å². The largest absolute Gasteiger partial charge is 0.352 e. The van der Waals surface area contributed by atoms with E-state index in [9.17, 15) is 9.59 Å². The number of hydrogen-bond acceptors (Lipinski definition) is 6. The molecular formula is C25H35Cl2N5O2S. The molecule has 3 rings (SSSR count). The minimum Gasteiger partial charge on any atom is -0.352 e. The quantitative estimate of drug-likeness (QED) is 0.455. The molecule has 10 heteroatoms. The second kappa shape index (κ2) is 13.0. The van der Waals surface area contributed by atoms with Gasteiger partial charge in [0.05, 0.1) is 12.1 Å². The molecule has 1 unspecified atom stereocenters. The summed E-state index contributed by atoms with van der Waals surface area (Å²) in [6.07, 6.45) is 2.72. The van der Waals surface area contributed by atoms with Crippen molar-refractivity contribution in [3.63, 3.8) is 0 Å². The summed E-state index contributed by atoms with van der Waals surface area (Å²) in [5, 5.41) is 7.55.